The number of fused-ring (bicyclic) bond motifs is 1. The molecule has 1 heterocycles. The van der Waals surface area contributed by atoms with E-state index in [1.165, 1.54) is 6.07 Å². The van der Waals surface area contributed by atoms with Crippen LogP contribution < -0.4 is 4.74 Å². The van der Waals surface area contributed by atoms with Crippen molar-refractivity contribution < 1.29 is 18.3 Å². The monoisotopic (exact) mass is 415 g/mol. The Morgan fingerprint density at radius 1 is 1.17 bits per heavy atom. The molecule has 0 unspecified atom stereocenters. The summed E-state index contributed by atoms with van der Waals surface area (Å²) in [6.45, 7) is 5.68. The predicted octanol–water partition coefficient (Wildman–Crippen LogP) is 5.29. The quantitative estimate of drug-likeness (QED) is 0.446. The number of benzene rings is 2. The Labute approximate surface area is 175 Å². The minimum Gasteiger partial charge on any atom is -0.453 e. The van der Waals surface area contributed by atoms with E-state index in [2.05, 4.69) is 18.9 Å². The summed E-state index contributed by atoms with van der Waals surface area (Å²) >= 11 is 0. The molecule has 0 aliphatic rings. The zero-order valence-electron chi connectivity index (χ0n) is 17.8. The van der Waals surface area contributed by atoms with Gasteiger partial charge in [-0.15, -0.1) is 0 Å². The smallest absolute Gasteiger partial charge is 0.168 e. The van der Waals surface area contributed by atoms with Crippen molar-refractivity contribution >= 4 is 16.7 Å². The molecule has 0 spiro atoms. The van der Waals surface area contributed by atoms with E-state index in [1.54, 1.807) is 18.3 Å². The Kier molecular flexibility index (Phi) is 6.82. The maximum atomic E-state index is 14.1. The second-order valence-electron chi connectivity index (χ2n) is 8.13. The third-order valence-corrected chi connectivity index (χ3v) is 4.70. The van der Waals surface area contributed by atoms with Crippen LogP contribution in [-0.4, -0.2) is 41.1 Å². The summed E-state index contributed by atoms with van der Waals surface area (Å²) in [7, 11) is 3.90. The minimum atomic E-state index is -0.823. The summed E-state index contributed by atoms with van der Waals surface area (Å²) in [6.07, 6.45) is 2.73. The van der Waals surface area contributed by atoms with Crippen molar-refractivity contribution in [3.63, 3.8) is 0 Å². The zero-order valence-corrected chi connectivity index (χ0v) is 17.8. The van der Waals surface area contributed by atoms with Crippen molar-refractivity contribution in [2.24, 2.45) is 5.92 Å². The van der Waals surface area contributed by atoms with Crippen LogP contribution in [0.3, 0.4) is 0 Å². The number of aromatic nitrogens is 2. The van der Waals surface area contributed by atoms with Crippen molar-refractivity contribution in [1.82, 2.24) is 14.7 Å². The number of Topliss-reactive ketones (excluding diaryl/α,β-unsaturated/α-hetero) is 1. The van der Waals surface area contributed by atoms with Crippen LogP contribution in [0.4, 0.5) is 8.78 Å². The Bertz CT molecular complexity index is 1040. The Hall–Kier alpha value is -2.80. The average Bonchev–Trinajstić information content (AvgIpc) is 3.04. The molecule has 0 bridgehead atoms. The number of hydrogen-bond donors (Lipinski definition) is 0. The van der Waals surface area contributed by atoms with E-state index in [0.717, 1.165) is 29.6 Å². The van der Waals surface area contributed by atoms with Gasteiger partial charge in [0.2, 0.25) is 0 Å². The lowest BCUT2D eigenvalue weighted by atomic mass is 10.0. The Balaban J connectivity index is 2.01. The van der Waals surface area contributed by atoms with Crippen LogP contribution in [0.5, 0.6) is 11.5 Å². The second kappa shape index (κ2) is 9.34. The molecule has 7 heteroatoms. The normalized spacial score (nSPS) is 11.6. The molecule has 0 amide bonds. The predicted molar refractivity (Wildman–Crippen MR) is 113 cm³/mol. The largest absolute Gasteiger partial charge is 0.453 e. The number of carbonyl (C=O) groups excluding carboxylic acids is 1. The maximum Gasteiger partial charge on any atom is 0.168 e. The Morgan fingerprint density at radius 3 is 2.60 bits per heavy atom. The summed E-state index contributed by atoms with van der Waals surface area (Å²) < 4.78 is 35.0. The first kappa shape index (κ1) is 21.9. The number of ether oxygens (including phenoxy) is 1. The van der Waals surface area contributed by atoms with Gasteiger partial charge in [-0.1, -0.05) is 13.8 Å². The van der Waals surface area contributed by atoms with Crippen molar-refractivity contribution in [1.29, 1.82) is 0 Å². The summed E-state index contributed by atoms with van der Waals surface area (Å²) in [5, 5.41) is 5.21. The van der Waals surface area contributed by atoms with E-state index in [1.807, 2.05) is 23.7 Å². The number of nitrogens with zero attached hydrogens (tertiary/aromatic N) is 3. The topological polar surface area (TPSA) is 47.4 Å². The van der Waals surface area contributed by atoms with Crippen molar-refractivity contribution in [2.45, 2.75) is 33.2 Å². The number of hydrogen-bond acceptors (Lipinski definition) is 4. The highest BCUT2D eigenvalue weighted by Crippen LogP contribution is 2.33. The highest BCUT2D eigenvalue weighted by molar-refractivity contribution is 6.02. The second-order valence-corrected chi connectivity index (χ2v) is 8.13. The third-order valence-electron chi connectivity index (χ3n) is 4.70. The van der Waals surface area contributed by atoms with Crippen LogP contribution in [0.25, 0.3) is 10.9 Å². The first-order valence-corrected chi connectivity index (χ1v) is 10.0. The number of rotatable bonds is 9. The van der Waals surface area contributed by atoms with Gasteiger partial charge in [0.1, 0.15) is 11.6 Å². The van der Waals surface area contributed by atoms with Crippen molar-refractivity contribution in [2.75, 3.05) is 20.6 Å². The van der Waals surface area contributed by atoms with Gasteiger partial charge >= 0.3 is 0 Å². The highest BCUT2D eigenvalue weighted by Gasteiger charge is 2.19. The molecule has 0 atom stereocenters. The lowest BCUT2D eigenvalue weighted by molar-refractivity contribution is 0.0975. The van der Waals surface area contributed by atoms with Crippen molar-refractivity contribution in [3.05, 3.63) is 53.7 Å². The van der Waals surface area contributed by atoms with E-state index in [-0.39, 0.29) is 17.3 Å². The molecule has 2 aromatic carbocycles. The molecule has 0 N–H and O–H groups in total. The molecule has 0 fully saturated rings. The summed E-state index contributed by atoms with van der Waals surface area (Å²) in [5.74, 6) is -1.10. The highest BCUT2D eigenvalue weighted by atomic mass is 19.1. The molecule has 3 rings (SSSR count). The first-order valence-electron chi connectivity index (χ1n) is 10.0. The van der Waals surface area contributed by atoms with Gasteiger partial charge in [-0.05, 0) is 57.2 Å². The van der Waals surface area contributed by atoms with E-state index < -0.39 is 11.6 Å². The van der Waals surface area contributed by atoms with Gasteiger partial charge in [0, 0.05) is 24.4 Å². The van der Waals surface area contributed by atoms with Gasteiger partial charge in [0.05, 0.1) is 17.3 Å². The molecular weight excluding hydrogens is 388 g/mol. The van der Waals surface area contributed by atoms with Crippen LogP contribution in [-0.2, 0) is 6.54 Å². The average molecular weight is 415 g/mol. The third kappa shape index (κ3) is 5.21. The van der Waals surface area contributed by atoms with Crippen LogP contribution in [0.2, 0.25) is 0 Å². The summed E-state index contributed by atoms with van der Waals surface area (Å²) in [6, 6.07) is 6.56. The molecule has 0 aliphatic carbocycles. The fourth-order valence-electron chi connectivity index (χ4n) is 3.27. The van der Waals surface area contributed by atoms with Gasteiger partial charge in [0.15, 0.2) is 17.3 Å². The fourth-order valence-corrected chi connectivity index (χ4v) is 3.27. The zero-order chi connectivity index (χ0) is 21.8. The Morgan fingerprint density at radius 2 is 1.93 bits per heavy atom. The van der Waals surface area contributed by atoms with E-state index in [9.17, 15) is 13.6 Å². The minimum absolute atomic E-state index is 0.0893. The lowest BCUT2D eigenvalue weighted by Crippen LogP contribution is -2.14. The fraction of sp³-hybridized carbons (Fsp3) is 0.391. The molecule has 0 radical (unpaired) electrons. The number of ketones is 1. The van der Waals surface area contributed by atoms with E-state index >= 15 is 0 Å². The van der Waals surface area contributed by atoms with Crippen LogP contribution in [0, 0.1) is 17.6 Å². The molecular formula is C23H27F2N3O2. The van der Waals surface area contributed by atoms with Crippen LogP contribution in [0.1, 0.15) is 37.0 Å². The molecule has 0 saturated carbocycles. The standard InChI is InChI=1S/C23H27F2N3O2/c1-15(2)14-28-20-12-18(21(29)6-5-9-27(3)4)23(10-16(20)13-26-28)30-22-8-7-17(24)11-19(22)25/h7-8,10-13,15H,5-6,9,14H2,1-4H3. The van der Waals surface area contributed by atoms with E-state index in [4.69, 9.17) is 4.74 Å². The maximum absolute atomic E-state index is 14.1. The lowest BCUT2D eigenvalue weighted by Gasteiger charge is -2.14. The van der Waals surface area contributed by atoms with Crippen LogP contribution in [0.15, 0.2) is 36.5 Å². The molecule has 3 aromatic rings. The van der Waals surface area contributed by atoms with Gasteiger partial charge in [0.25, 0.3) is 0 Å². The van der Waals surface area contributed by atoms with Gasteiger partial charge in [-0.25, -0.2) is 8.78 Å². The molecule has 5 nitrogen and oxygen atoms in total. The molecule has 160 valence electrons. The SMILES string of the molecule is CC(C)Cn1ncc2cc(Oc3ccc(F)cc3F)c(C(=O)CCCN(C)C)cc21. The van der Waals surface area contributed by atoms with Crippen LogP contribution >= 0.6 is 0 Å². The van der Waals surface area contributed by atoms with Crippen molar-refractivity contribution in [3.8, 4) is 11.5 Å². The van der Waals surface area contributed by atoms with Gasteiger partial charge in [-0.3, -0.25) is 9.48 Å². The number of carbonyl (C=O) groups is 1. The number of halogens is 2. The molecule has 0 aliphatic heterocycles. The van der Waals surface area contributed by atoms with Gasteiger partial charge in [-0.2, -0.15) is 5.10 Å². The first-order chi connectivity index (χ1) is 14.2. The molecule has 1 aromatic heterocycles. The summed E-state index contributed by atoms with van der Waals surface area (Å²) in [4.78, 5) is 15.0. The summed E-state index contributed by atoms with van der Waals surface area (Å²) in [5.41, 5.74) is 1.20. The molecule has 30 heavy (non-hydrogen) atoms. The van der Waals surface area contributed by atoms with E-state index in [0.29, 0.717) is 30.9 Å². The van der Waals surface area contributed by atoms with Gasteiger partial charge < -0.3 is 9.64 Å². The molecule has 0 saturated heterocycles.